The first-order chi connectivity index (χ1) is 7.33. The van der Waals surface area contributed by atoms with Crippen LogP contribution in [0.4, 0.5) is 0 Å². The second-order valence-electron chi connectivity index (χ2n) is 4.74. The highest BCUT2D eigenvalue weighted by atomic mass is 16.4. The smallest absolute Gasteiger partial charge is 0.323 e. The number of aliphatic carboxylic acids is 1. The summed E-state index contributed by atoms with van der Waals surface area (Å²) in [5.41, 5.74) is 6.89. The van der Waals surface area contributed by atoms with Gasteiger partial charge in [-0.2, -0.15) is 0 Å². The van der Waals surface area contributed by atoms with Crippen molar-refractivity contribution in [3.8, 4) is 0 Å². The van der Waals surface area contributed by atoms with Crippen molar-refractivity contribution in [2.45, 2.75) is 38.6 Å². The molecule has 0 radical (unpaired) electrons. The van der Waals surface area contributed by atoms with Crippen molar-refractivity contribution >= 4 is 5.97 Å². The molecule has 88 valence electrons. The zero-order valence-electron chi connectivity index (χ0n) is 10.0. The van der Waals surface area contributed by atoms with Gasteiger partial charge in [-0.15, -0.1) is 0 Å². The van der Waals surface area contributed by atoms with Crippen molar-refractivity contribution in [2.24, 2.45) is 5.73 Å². The highest BCUT2D eigenvalue weighted by Gasteiger charge is 2.30. The Hall–Kier alpha value is -1.35. The van der Waals surface area contributed by atoms with Crippen LogP contribution in [-0.4, -0.2) is 16.6 Å². The van der Waals surface area contributed by atoms with Gasteiger partial charge in [-0.3, -0.25) is 4.79 Å². The molecule has 0 bridgehead atoms. The summed E-state index contributed by atoms with van der Waals surface area (Å²) in [5.74, 6) is -0.807. The molecular formula is C13H19NO2. The summed E-state index contributed by atoms with van der Waals surface area (Å²) in [6.07, 6.45) is 0.436. The summed E-state index contributed by atoms with van der Waals surface area (Å²) in [4.78, 5) is 10.9. The molecule has 3 nitrogen and oxygen atoms in total. The van der Waals surface area contributed by atoms with Crippen molar-refractivity contribution in [2.75, 3.05) is 0 Å². The number of carboxylic acids is 1. The molecule has 0 aromatic heterocycles. The Labute approximate surface area is 96.3 Å². The molecule has 1 rings (SSSR count). The van der Waals surface area contributed by atoms with E-state index in [4.69, 9.17) is 10.8 Å². The summed E-state index contributed by atoms with van der Waals surface area (Å²) in [7, 11) is 0. The van der Waals surface area contributed by atoms with E-state index < -0.39 is 11.5 Å². The Morgan fingerprint density at radius 3 is 2.38 bits per heavy atom. The summed E-state index contributed by atoms with van der Waals surface area (Å²) >= 11 is 0. The van der Waals surface area contributed by atoms with Gasteiger partial charge in [0.15, 0.2) is 0 Å². The molecular weight excluding hydrogens is 202 g/mol. The summed E-state index contributed by atoms with van der Waals surface area (Å²) < 4.78 is 0. The number of hydrogen-bond donors (Lipinski definition) is 2. The van der Waals surface area contributed by atoms with Gasteiger partial charge in [0.1, 0.15) is 5.54 Å². The van der Waals surface area contributed by atoms with E-state index in [1.54, 1.807) is 6.92 Å². The molecule has 2 atom stereocenters. The van der Waals surface area contributed by atoms with Crippen LogP contribution in [0, 0.1) is 6.92 Å². The lowest BCUT2D eigenvalue weighted by Crippen LogP contribution is -2.45. The van der Waals surface area contributed by atoms with Crippen LogP contribution in [0.2, 0.25) is 0 Å². The van der Waals surface area contributed by atoms with E-state index >= 15 is 0 Å². The minimum atomic E-state index is -1.16. The number of hydrogen-bond acceptors (Lipinski definition) is 2. The molecule has 0 spiro atoms. The van der Waals surface area contributed by atoms with E-state index in [1.165, 1.54) is 5.56 Å². The lowest BCUT2D eigenvalue weighted by molar-refractivity contribution is -0.143. The van der Waals surface area contributed by atoms with Crippen LogP contribution in [0.25, 0.3) is 0 Å². The van der Waals surface area contributed by atoms with Gasteiger partial charge in [-0.25, -0.2) is 0 Å². The average molecular weight is 221 g/mol. The third-order valence-corrected chi connectivity index (χ3v) is 2.87. The van der Waals surface area contributed by atoms with Gasteiger partial charge in [0.05, 0.1) is 0 Å². The fraction of sp³-hybridized carbons (Fsp3) is 0.462. The second-order valence-corrected chi connectivity index (χ2v) is 4.74. The largest absolute Gasteiger partial charge is 0.480 e. The van der Waals surface area contributed by atoms with Gasteiger partial charge in [-0.1, -0.05) is 36.8 Å². The Kier molecular flexibility index (Phi) is 3.70. The maximum Gasteiger partial charge on any atom is 0.323 e. The Morgan fingerprint density at radius 1 is 1.44 bits per heavy atom. The van der Waals surface area contributed by atoms with E-state index in [0.29, 0.717) is 6.42 Å². The molecule has 1 aromatic carbocycles. The highest BCUT2D eigenvalue weighted by Crippen LogP contribution is 2.24. The quantitative estimate of drug-likeness (QED) is 0.820. The normalized spacial score (nSPS) is 16.5. The second kappa shape index (κ2) is 4.66. The molecule has 0 saturated heterocycles. The molecule has 0 heterocycles. The first kappa shape index (κ1) is 12.7. The van der Waals surface area contributed by atoms with Crippen LogP contribution in [0.3, 0.4) is 0 Å². The molecule has 16 heavy (non-hydrogen) atoms. The van der Waals surface area contributed by atoms with Gasteiger partial charge in [0.25, 0.3) is 0 Å². The summed E-state index contributed by atoms with van der Waals surface area (Å²) in [6, 6.07) is 8.11. The summed E-state index contributed by atoms with van der Waals surface area (Å²) in [5, 5.41) is 8.96. The van der Waals surface area contributed by atoms with Crippen LogP contribution in [0.1, 0.15) is 37.3 Å². The van der Waals surface area contributed by atoms with E-state index in [0.717, 1.165) is 5.56 Å². The first-order valence-electron chi connectivity index (χ1n) is 5.42. The number of nitrogens with two attached hydrogens (primary N) is 1. The van der Waals surface area contributed by atoms with Crippen molar-refractivity contribution < 1.29 is 9.90 Å². The number of benzene rings is 1. The predicted octanol–water partition coefficient (Wildman–Crippen LogP) is 2.29. The molecule has 0 fully saturated rings. The lowest BCUT2D eigenvalue weighted by atomic mass is 9.86. The fourth-order valence-corrected chi connectivity index (χ4v) is 1.74. The maximum absolute atomic E-state index is 10.9. The molecule has 3 heteroatoms. The zero-order chi connectivity index (χ0) is 12.3. The zero-order valence-corrected chi connectivity index (χ0v) is 10.0. The molecule has 2 unspecified atom stereocenters. The van der Waals surface area contributed by atoms with Gasteiger partial charge in [0, 0.05) is 0 Å². The molecule has 0 saturated carbocycles. The van der Waals surface area contributed by atoms with Crippen molar-refractivity contribution in [3.05, 3.63) is 35.4 Å². The van der Waals surface area contributed by atoms with E-state index in [-0.39, 0.29) is 5.92 Å². The Bertz CT molecular complexity index is 368. The van der Waals surface area contributed by atoms with E-state index in [1.807, 2.05) is 38.1 Å². The topological polar surface area (TPSA) is 63.3 Å². The molecule has 0 aliphatic carbocycles. The number of carbonyl (C=O) groups is 1. The van der Waals surface area contributed by atoms with E-state index in [2.05, 4.69) is 0 Å². The predicted molar refractivity (Wildman–Crippen MR) is 64.4 cm³/mol. The molecule has 3 N–H and O–H groups in total. The summed E-state index contributed by atoms with van der Waals surface area (Å²) in [6.45, 7) is 5.58. The van der Waals surface area contributed by atoms with Crippen molar-refractivity contribution in [1.29, 1.82) is 0 Å². The standard InChI is InChI=1S/C13H19NO2/c1-9-4-6-11(7-5-9)10(2)8-13(3,14)12(15)16/h4-7,10H,8,14H2,1-3H3,(H,15,16). The molecule has 0 aliphatic heterocycles. The van der Waals surface area contributed by atoms with Crippen LogP contribution in [-0.2, 0) is 4.79 Å². The van der Waals surface area contributed by atoms with Crippen LogP contribution in [0.15, 0.2) is 24.3 Å². The van der Waals surface area contributed by atoms with Crippen molar-refractivity contribution in [3.63, 3.8) is 0 Å². The maximum atomic E-state index is 10.9. The molecule has 0 aliphatic rings. The van der Waals surface area contributed by atoms with Gasteiger partial charge in [-0.05, 0) is 31.7 Å². The van der Waals surface area contributed by atoms with E-state index in [9.17, 15) is 4.79 Å². The average Bonchev–Trinajstić information content (AvgIpc) is 2.17. The highest BCUT2D eigenvalue weighted by molar-refractivity contribution is 5.77. The van der Waals surface area contributed by atoms with Crippen molar-refractivity contribution in [1.82, 2.24) is 0 Å². The van der Waals surface area contributed by atoms with Crippen LogP contribution >= 0.6 is 0 Å². The third kappa shape index (κ3) is 3.07. The van der Waals surface area contributed by atoms with Crippen LogP contribution < -0.4 is 5.73 Å². The molecule has 0 amide bonds. The minimum absolute atomic E-state index is 0.145. The Morgan fingerprint density at radius 2 is 1.94 bits per heavy atom. The van der Waals surface area contributed by atoms with Crippen LogP contribution in [0.5, 0.6) is 0 Å². The SMILES string of the molecule is Cc1ccc(C(C)CC(C)(N)C(=O)O)cc1. The Balaban J connectivity index is 2.76. The lowest BCUT2D eigenvalue weighted by Gasteiger charge is -2.23. The minimum Gasteiger partial charge on any atom is -0.480 e. The number of carboxylic acid groups (broad SMARTS) is 1. The monoisotopic (exact) mass is 221 g/mol. The third-order valence-electron chi connectivity index (χ3n) is 2.87. The molecule has 1 aromatic rings. The number of rotatable bonds is 4. The number of aryl methyl sites for hydroxylation is 1. The van der Waals surface area contributed by atoms with Gasteiger partial charge < -0.3 is 10.8 Å². The first-order valence-corrected chi connectivity index (χ1v) is 5.42. The van der Waals surface area contributed by atoms with Gasteiger partial charge in [0.2, 0.25) is 0 Å². The fourth-order valence-electron chi connectivity index (χ4n) is 1.74. The van der Waals surface area contributed by atoms with Gasteiger partial charge >= 0.3 is 5.97 Å².